The topological polar surface area (TPSA) is 15.3 Å². The molecule has 0 radical (unpaired) electrons. The van der Waals surface area contributed by atoms with Crippen molar-refractivity contribution in [3.8, 4) is 0 Å². The van der Waals surface area contributed by atoms with E-state index in [4.69, 9.17) is 0 Å². The Balaban J connectivity index is 2.16. The van der Waals surface area contributed by atoms with Crippen LogP contribution in [0.3, 0.4) is 0 Å². The van der Waals surface area contributed by atoms with E-state index < -0.39 is 0 Å². The molecule has 0 aliphatic carbocycles. The molecular formula is C13H19FN2. The summed E-state index contributed by atoms with van der Waals surface area (Å²) >= 11 is 0. The highest BCUT2D eigenvalue weighted by Crippen LogP contribution is 2.22. The maximum atomic E-state index is 13.2. The number of anilines is 1. The van der Waals surface area contributed by atoms with Gasteiger partial charge in [0, 0.05) is 18.8 Å². The second kappa shape index (κ2) is 5.30. The van der Waals surface area contributed by atoms with Gasteiger partial charge in [-0.25, -0.2) is 4.39 Å². The first-order valence-electron chi connectivity index (χ1n) is 5.99. The van der Waals surface area contributed by atoms with Gasteiger partial charge in [0.15, 0.2) is 0 Å². The van der Waals surface area contributed by atoms with E-state index in [1.54, 1.807) is 6.07 Å². The Morgan fingerprint density at radius 2 is 1.88 bits per heavy atom. The third kappa shape index (κ3) is 2.73. The molecule has 0 unspecified atom stereocenters. The second-order valence-electron chi connectivity index (χ2n) is 4.37. The number of benzene rings is 1. The average molecular weight is 222 g/mol. The largest absolute Gasteiger partial charge is 0.371 e. The number of aryl methyl sites for hydroxylation is 1. The summed E-state index contributed by atoms with van der Waals surface area (Å²) in [5.41, 5.74) is 2.22. The molecular weight excluding hydrogens is 203 g/mol. The van der Waals surface area contributed by atoms with Gasteiger partial charge < -0.3 is 10.2 Å². The molecule has 1 fully saturated rings. The van der Waals surface area contributed by atoms with Crippen molar-refractivity contribution in [1.82, 2.24) is 5.32 Å². The Labute approximate surface area is 96.5 Å². The van der Waals surface area contributed by atoms with Crippen molar-refractivity contribution in [3.63, 3.8) is 0 Å². The predicted molar refractivity (Wildman–Crippen MR) is 65.5 cm³/mol. The smallest absolute Gasteiger partial charge is 0.125 e. The quantitative estimate of drug-likeness (QED) is 0.784. The summed E-state index contributed by atoms with van der Waals surface area (Å²) in [5, 5.41) is 3.38. The summed E-state index contributed by atoms with van der Waals surface area (Å²) in [4.78, 5) is 2.30. The molecule has 88 valence electrons. The van der Waals surface area contributed by atoms with Crippen LogP contribution in [0.1, 0.15) is 18.4 Å². The summed E-state index contributed by atoms with van der Waals surface area (Å²) in [5.74, 6) is -0.138. The third-order valence-corrected chi connectivity index (χ3v) is 3.08. The summed E-state index contributed by atoms with van der Waals surface area (Å²) in [6, 6.07) is 5.05. The summed E-state index contributed by atoms with van der Waals surface area (Å²) in [6.07, 6.45) is 2.24. The zero-order valence-electron chi connectivity index (χ0n) is 9.80. The maximum absolute atomic E-state index is 13.2. The van der Waals surface area contributed by atoms with Crippen LogP contribution in [0.15, 0.2) is 18.2 Å². The van der Waals surface area contributed by atoms with Gasteiger partial charge in [-0.15, -0.1) is 0 Å². The van der Waals surface area contributed by atoms with E-state index >= 15 is 0 Å². The van der Waals surface area contributed by atoms with Gasteiger partial charge in [0.25, 0.3) is 0 Å². The van der Waals surface area contributed by atoms with E-state index in [1.165, 1.54) is 6.07 Å². The summed E-state index contributed by atoms with van der Waals surface area (Å²) in [6.45, 7) is 6.19. The van der Waals surface area contributed by atoms with Crippen LogP contribution in [0.4, 0.5) is 10.1 Å². The van der Waals surface area contributed by atoms with Crippen LogP contribution in [-0.2, 0) is 0 Å². The maximum Gasteiger partial charge on any atom is 0.125 e. The lowest BCUT2D eigenvalue weighted by Crippen LogP contribution is -2.34. The van der Waals surface area contributed by atoms with Crippen molar-refractivity contribution in [2.75, 3.05) is 31.1 Å². The first-order valence-corrected chi connectivity index (χ1v) is 5.99. The molecule has 0 bridgehead atoms. The highest BCUT2D eigenvalue weighted by molar-refractivity contribution is 5.53. The highest BCUT2D eigenvalue weighted by atomic mass is 19.1. The second-order valence-corrected chi connectivity index (χ2v) is 4.37. The van der Waals surface area contributed by atoms with Gasteiger partial charge in [-0.2, -0.15) is 0 Å². The van der Waals surface area contributed by atoms with Gasteiger partial charge >= 0.3 is 0 Å². The predicted octanol–water partition coefficient (Wildman–Crippen LogP) is 2.32. The molecule has 0 amide bonds. The molecule has 1 N–H and O–H groups in total. The SMILES string of the molecule is Cc1ccc(F)cc1N1CCCNCCC1. The van der Waals surface area contributed by atoms with Crippen LogP contribution >= 0.6 is 0 Å². The van der Waals surface area contributed by atoms with E-state index in [2.05, 4.69) is 10.2 Å². The number of nitrogens with one attached hydrogen (secondary N) is 1. The number of nitrogens with zero attached hydrogens (tertiary/aromatic N) is 1. The fourth-order valence-corrected chi connectivity index (χ4v) is 2.19. The minimum atomic E-state index is -0.138. The van der Waals surface area contributed by atoms with Crippen molar-refractivity contribution in [2.45, 2.75) is 19.8 Å². The van der Waals surface area contributed by atoms with Crippen molar-refractivity contribution in [3.05, 3.63) is 29.6 Å². The lowest BCUT2D eigenvalue weighted by atomic mass is 10.1. The molecule has 1 saturated heterocycles. The van der Waals surface area contributed by atoms with E-state index in [9.17, 15) is 4.39 Å². The molecule has 1 aliphatic heterocycles. The molecule has 1 heterocycles. The molecule has 16 heavy (non-hydrogen) atoms. The molecule has 1 aromatic rings. The fraction of sp³-hybridized carbons (Fsp3) is 0.538. The van der Waals surface area contributed by atoms with E-state index in [-0.39, 0.29) is 5.82 Å². The van der Waals surface area contributed by atoms with Gasteiger partial charge in [0.05, 0.1) is 0 Å². The molecule has 0 aromatic heterocycles. The van der Waals surface area contributed by atoms with E-state index in [0.29, 0.717) is 0 Å². The van der Waals surface area contributed by atoms with Gasteiger partial charge in [-0.1, -0.05) is 6.07 Å². The Hall–Kier alpha value is -1.09. The Bertz CT molecular complexity index is 344. The van der Waals surface area contributed by atoms with E-state index in [1.807, 2.05) is 13.0 Å². The molecule has 0 spiro atoms. The van der Waals surface area contributed by atoms with Crippen molar-refractivity contribution in [1.29, 1.82) is 0 Å². The average Bonchev–Trinajstić information content (AvgIpc) is 2.22. The lowest BCUT2D eigenvalue weighted by Gasteiger charge is -2.28. The summed E-state index contributed by atoms with van der Waals surface area (Å²) < 4.78 is 13.2. The fourth-order valence-electron chi connectivity index (χ4n) is 2.19. The molecule has 0 saturated carbocycles. The molecule has 2 nitrogen and oxygen atoms in total. The van der Waals surface area contributed by atoms with Gasteiger partial charge in [0.2, 0.25) is 0 Å². The van der Waals surface area contributed by atoms with Gasteiger partial charge in [0.1, 0.15) is 5.82 Å². The Kier molecular flexibility index (Phi) is 3.78. The van der Waals surface area contributed by atoms with Crippen molar-refractivity contribution in [2.24, 2.45) is 0 Å². The normalized spacial score (nSPS) is 18.0. The highest BCUT2D eigenvalue weighted by Gasteiger charge is 2.11. The first-order chi connectivity index (χ1) is 7.77. The van der Waals surface area contributed by atoms with Crippen LogP contribution in [-0.4, -0.2) is 26.2 Å². The molecule has 1 aromatic carbocycles. The van der Waals surface area contributed by atoms with Gasteiger partial charge in [-0.05, 0) is 50.6 Å². The van der Waals surface area contributed by atoms with Crippen LogP contribution in [0.25, 0.3) is 0 Å². The van der Waals surface area contributed by atoms with Gasteiger partial charge in [-0.3, -0.25) is 0 Å². The zero-order valence-corrected chi connectivity index (χ0v) is 9.80. The molecule has 3 heteroatoms. The van der Waals surface area contributed by atoms with Crippen molar-refractivity contribution >= 4 is 5.69 Å². The monoisotopic (exact) mass is 222 g/mol. The zero-order chi connectivity index (χ0) is 11.4. The van der Waals surface area contributed by atoms with Crippen molar-refractivity contribution < 1.29 is 4.39 Å². The number of halogens is 1. The number of hydrogen-bond donors (Lipinski definition) is 1. The number of hydrogen-bond acceptors (Lipinski definition) is 2. The standard InChI is InChI=1S/C13H19FN2/c1-11-4-5-12(14)10-13(11)16-8-2-6-15-7-3-9-16/h4-5,10,15H,2-3,6-9H2,1H3. The lowest BCUT2D eigenvalue weighted by molar-refractivity contribution is 0.565. The Morgan fingerprint density at radius 1 is 1.19 bits per heavy atom. The van der Waals surface area contributed by atoms with Crippen LogP contribution in [0.5, 0.6) is 0 Å². The van der Waals surface area contributed by atoms with Crippen LogP contribution in [0.2, 0.25) is 0 Å². The van der Waals surface area contributed by atoms with Crippen LogP contribution < -0.4 is 10.2 Å². The molecule has 1 aliphatic rings. The first kappa shape index (κ1) is 11.4. The minimum Gasteiger partial charge on any atom is -0.371 e. The molecule has 0 atom stereocenters. The summed E-state index contributed by atoms with van der Waals surface area (Å²) in [7, 11) is 0. The molecule has 2 rings (SSSR count). The van der Waals surface area contributed by atoms with Crippen LogP contribution in [0, 0.1) is 12.7 Å². The number of rotatable bonds is 1. The Morgan fingerprint density at radius 3 is 2.56 bits per heavy atom. The third-order valence-electron chi connectivity index (χ3n) is 3.08. The van der Waals surface area contributed by atoms with E-state index in [0.717, 1.165) is 50.3 Å². The minimum absolute atomic E-state index is 0.138.